The van der Waals surface area contributed by atoms with Crippen LogP contribution in [0, 0.1) is 0 Å². The van der Waals surface area contributed by atoms with Gasteiger partial charge in [0, 0.05) is 6.54 Å². The molecule has 0 bridgehead atoms. The lowest BCUT2D eigenvalue weighted by Crippen LogP contribution is -2.36. The minimum atomic E-state index is -3.60. The van der Waals surface area contributed by atoms with Crippen molar-refractivity contribution in [1.29, 1.82) is 0 Å². The van der Waals surface area contributed by atoms with Crippen LogP contribution in [0.5, 0.6) is 5.75 Å². The summed E-state index contributed by atoms with van der Waals surface area (Å²) in [7, 11) is -5.20. The second kappa shape index (κ2) is 6.65. The van der Waals surface area contributed by atoms with Crippen molar-refractivity contribution in [3.63, 3.8) is 0 Å². The Balaban J connectivity index is 1.64. The maximum absolute atomic E-state index is 12.2. The average molecular weight is 373 g/mol. The summed E-state index contributed by atoms with van der Waals surface area (Å²) in [6.07, 6.45) is 3.96. The van der Waals surface area contributed by atoms with Gasteiger partial charge in [0.1, 0.15) is 5.75 Å². The Morgan fingerprint density at radius 3 is 2.58 bits per heavy atom. The highest BCUT2D eigenvalue weighted by Crippen LogP contribution is 2.30. The molecule has 134 valence electrons. The Morgan fingerprint density at radius 1 is 1.25 bits per heavy atom. The molecule has 0 amide bonds. The molecular formula is C16H23NO5S2. The molecule has 8 heteroatoms. The Hall–Kier alpha value is -1.12. The predicted octanol–water partition coefficient (Wildman–Crippen LogP) is 0.833. The van der Waals surface area contributed by atoms with Gasteiger partial charge >= 0.3 is 0 Å². The zero-order chi connectivity index (χ0) is 17.4. The summed E-state index contributed by atoms with van der Waals surface area (Å²) in [4.78, 5) is 0. The quantitative estimate of drug-likeness (QED) is 0.798. The van der Waals surface area contributed by atoms with Crippen LogP contribution >= 0.6 is 0 Å². The molecule has 0 spiro atoms. The lowest BCUT2D eigenvalue weighted by molar-refractivity contribution is 0.409. The van der Waals surface area contributed by atoms with Crippen molar-refractivity contribution in [2.75, 3.05) is 25.2 Å². The standard InChI is InChI=1S/C16H23NO5S2/c1-22-16-10-13-4-2-3-12(13)9-14(16)5-7-17-24(20,21)15-6-8-23(18,19)11-15/h9-10,15,17H,2-8,11H2,1H3/t15-/m0/s1. The van der Waals surface area contributed by atoms with E-state index in [1.165, 1.54) is 11.1 Å². The highest BCUT2D eigenvalue weighted by atomic mass is 32.2. The van der Waals surface area contributed by atoms with E-state index in [1.807, 2.05) is 0 Å². The number of hydrogen-bond donors (Lipinski definition) is 1. The number of fused-ring (bicyclic) bond motifs is 1. The zero-order valence-electron chi connectivity index (χ0n) is 13.7. The Bertz CT molecular complexity index is 830. The normalized spacial score (nSPS) is 22.5. The summed E-state index contributed by atoms with van der Waals surface area (Å²) >= 11 is 0. The number of methoxy groups -OCH3 is 1. The minimum absolute atomic E-state index is 0.0444. The van der Waals surface area contributed by atoms with E-state index in [0.29, 0.717) is 6.42 Å². The van der Waals surface area contributed by atoms with Gasteiger partial charge < -0.3 is 4.74 Å². The first-order valence-corrected chi connectivity index (χ1v) is 11.5. The van der Waals surface area contributed by atoms with Crippen molar-refractivity contribution in [3.8, 4) is 5.75 Å². The number of sulfone groups is 1. The van der Waals surface area contributed by atoms with Crippen LogP contribution in [-0.4, -0.2) is 47.2 Å². The van der Waals surface area contributed by atoms with Gasteiger partial charge in [-0.15, -0.1) is 0 Å². The smallest absolute Gasteiger partial charge is 0.215 e. The van der Waals surface area contributed by atoms with E-state index >= 15 is 0 Å². The maximum Gasteiger partial charge on any atom is 0.215 e. The van der Waals surface area contributed by atoms with Crippen molar-refractivity contribution in [3.05, 3.63) is 28.8 Å². The molecular weight excluding hydrogens is 350 g/mol. The van der Waals surface area contributed by atoms with Crippen LogP contribution in [0.25, 0.3) is 0 Å². The topological polar surface area (TPSA) is 89.5 Å². The van der Waals surface area contributed by atoms with Crippen molar-refractivity contribution < 1.29 is 21.6 Å². The molecule has 0 saturated carbocycles. The van der Waals surface area contributed by atoms with Gasteiger partial charge in [0.25, 0.3) is 0 Å². The van der Waals surface area contributed by atoms with Gasteiger partial charge in [-0.2, -0.15) is 0 Å². The first-order chi connectivity index (χ1) is 11.3. The first kappa shape index (κ1) is 17.7. The van der Waals surface area contributed by atoms with Gasteiger partial charge in [0.2, 0.25) is 10.0 Å². The van der Waals surface area contributed by atoms with Crippen LogP contribution in [0.2, 0.25) is 0 Å². The monoisotopic (exact) mass is 373 g/mol. The number of hydrogen-bond acceptors (Lipinski definition) is 5. The van der Waals surface area contributed by atoms with Crippen LogP contribution in [0.3, 0.4) is 0 Å². The molecule has 1 N–H and O–H groups in total. The molecule has 0 aromatic heterocycles. The second-order valence-corrected chi connectivity index (χ2v) is 10.8. The van der Waals surface area contributed by atoms with Crippen LogP contribution in [0.4, 0.5) is 0 Å². The molecule has 6 nitrogen and oxygen atoms in total. The van der Waals surface area contributed by atoms with E-state index < -0.39 is 25.1 Å². The number of rotatable bonds is 6. The fourth-order valence-corrected chi connectivity index (χ4v) is 7.57. The van der Waals surface area contributed by atoms with Crippen LogP contribution < -0.4 is 9.46 Å². The fourth-order valence-electron chi connectivity index (χ4n) is 3.49. The predicted molar refractivity (Wildman–Crippen MR) is 92.7 cm³/mol. The molecule has 0 unspecified atom stereocenters. The Morgan fingerprint density at radius 2 is 1.96 bits per heavy atom. The third kappa shape index (κ3) is 3.75. The molecule has 0 radical (unpaired) electrons. The SMILES string of the molecule is COc1cc2c(cc1CCNS(=O)(=O)[C@H]1CCS(=O)(=O)C1)CCC2. The van der Waals surface area contributed by atoms with E-state index in [0.717, 1.165) is 30.6 Å². The summed E-state index contributed by atoms with van der Waals surface area (Å²) in [6.45, 7) is 0.244. The van der Waals surface area contributed by atoms with E-state index in [-0.39, 0.29) is 24.5 Å². The molecule has 24 heavy (non-hydrogen) atoms. The van der Waals surface area contributed by atoms with Crippen LogP contribution in [0.1, 0.15) is 29.5 Å². The Kier molecular flexibility index (Phi) is 4.90. The van der Waals surface area contributed by atoms with Gasteiger partial charge in [-0.05, 0) is 54.9 Å². The molecule has 1 aromatic rings. The van der Waals surface area contributed by atoms with Gasteiger partial charge in [0.15, 0.2) is 9.84 Å². The summed E-state index contributed by atoms with van der Waals surface area (Å²) in [5.41, 5.74) is 3.61. The van der Waals surface area contributed by atoms with Crippen molar-refractivity contribution in [2.24, 2.45) is 0 Å². The van der Waals surface area contributed by atoms with Crippen molar-refractivity contribution in [1.82, 2.24) is 4.72 Å². The van der Waals surface area contributed by atoms with Crippen LogP contribution in [-0.2, 0) is 39.1 Å². The molecule has 3 rings (SSSR count). The number of aryl methyl sites for hydroxylation is 2. The van der Waals surface area contributed by atoms with E-state index in [9.17, 15) is 16.8 Å². The van der Waals surface area contributed by atoms with Gasteiger partial charge in [-0.3, -0.25) is 0 Å². The van der Waals surface area contributed by atoms with E-state index in [2.05, 4.69) is 16.9 Å². The lowest BCUT2D eigenvalue weighted by Gasteiger charge is -2.14. The molecule has 1 atom stereocenters. The molecule has 1 aliphatic heterocycles. The number of ether oxygens (including phenoxy) is 1. The Labute approximate surface area is 143 Å². The minimum Gasteiger partial charge on any atom is -0.496 e. The lowest BCUT2D eigenvalue weighted by atomic mass is 10.0. The molecule has 1 fully saturated rings. The molecule has 1 saturated heterocycles. The summed E-state index contributed by atoms with van der Waals surface area (Å²) in [6, 6.07) is 4.16. The summed E-state index contributed by atoms with van der Waals surface area (Å²) in [5, 5.41) is -0.829. The van der Waals surface area contributed by atoms with E-state index in [1.54, 1.807) is 7.11 Å². The highest BCUT2D eigenvalue weighted by molar-refractivity contribution is 7.95. The van der Waals surface area contributed by atoms with Crippen molar-refractivity contribution in [2.45, 2.75) is 37.4 Å². The summed E-state index contributed by atoms with van der Waals surface area (Å²) in [5.74, 6) is 0.472. The number of benzene rings is 1. The van der Waals surface area contributed by atoms with Crippen molar-refractivity contribution >= 4 is 19.9 Å². The third-order valence-corrected chi connectivity index (χ3v) is 8.69. The molecule has 1 heterocycles. The first-order valence-electron chi connectivity index (χ1n) is 8.18. The molecule has 2 aliphatic rings. The summed E-state index contributed by atoms with van der Waals surface area (Å²) < 4.78 is 55.4. The maximum atomic E-state index is 12.2. The molecule has 1 aromatic carbocycles. The zero-order valence-corrected chi connectivity index (χ0v) is 15.4. The third-order valence-electron chi connectivity index (χ3n) is 4.82. The highest BCUT2D eigenvalue weighted by Gasteiger charge is 2.36. The van der Waals surface area contributed by atoms with Gasteiger partial charge in [-0.25, -0.2) is 21.6 Å². The number of nitrogens with one attached hydrogen (secondary N) is 1. The molecule has 1 aliphatic carbocycles. The largest absolute Gasteiger partial charge is 0.496 e. The fraction of sp³-hybridized carbons (Fsp3) is 0.625. The van der Waals surface area contributed by atoms with Gasteiger partial charge in [0.05, 0.1) is 23.9 Å². The average Bonchev–Trinajstić information content (AvgIpc) is 3.11. The van der Waals surface area contributed by atoms with E-state index in [4.69, 9.17) is 4.74 Å². The number of sulfonamides is 1. The van der Waals surface area contributed by atoms with Gasteiger partial charge in [-0.1, -0.05) is 6.07 Å². The second-order valence-electron chi connectivity index (χ2n) is 6.50. The van der Waals surface area contributed by atoms with Crippen LogP contribution in [0.15, 0.2) is 12.1 Å².